The van der Waals surface area contributed by atoms with Crippen molar-refractivity contribution in [3.8, 4) is 0 Å². The number of fused-ring (bicyclic) bond motifs is 2. The van der Waals surface area contributed by atoms with Gasteiger partial charge in [-0.05, 0) is 157 Å². The summed E-state index contributed by atoms with van der Waals surface area (Å²) in [5, 5.41) is 53.2. The summed E-state index contributed by atoms with van der Waals surface area (Å²) in [6.45, 7) is 12.9. The van der Waals surface area contributed by atoms with Crippen LogP contribution >= 0.6 is 0 Å². The zero-order chi connectivity index (χ0) is 44.0. The molecule has 0 radical (unpaired) electrons. The molecule has 1 aliphatic heterocycles. The number of hydrogen-bond donors (Lipinski definition) is 6. The monoisotopic (exact) mass is 837 g/mol. The van der Waals surface area contributed by atoms with Crippen molar-refractivity contribution in [2.24, 2.45) is 23.2 Å². The highest BCUT2D eigenvalue weighted by molar-refractivity contribution is 5.74. The zero-order valence-electron chi connectivity index (χ0n) is 37.8. The molecule has 5 rings (SSSR count). The second-order valence-electron chi connectivity index (χ2n) is 18.7. The summed E-state index contributed by atoms with van der Waals surface area (Å²) < 4.78 is 5.53. The molecule has 2 bridgehead atoms. The average molecular weight is 837 g/mol. The van der Waals surface area contributed by atoms with Gasteiger partial charge in [0.2, 0.25) is 0 Å². The SMILES string of the molecule is C=C(/C=C/C=C(/CO)[C@@H]1CC[C@]2([C@@H]1O)[C@@H](CCCO)/C(=C(/C)C=O)CC[C@]2(O)CCNC)[C@@H]1C/C=C(\C)CN[C@](C)(CCOC)Cc2cccc(c2)[C@H]1CCc1ccccc1. The first-order chi connectivity index (χ1) is 29.4. The number of nitrogens with one attached hydrogen (secondary N) is 2. The predicted octanol–water partition coefficient (Wildman–Crippen LogP) is 8.12. The van der Waals surface area contributed by atoms with Crippen LogP contribution in [0.2, 0.25) is 0 Å². The van der Waals surface area contributed by atoms with Crippen molar-refractivity contribution in [1.29, 1.82) is 0 Å². The molecule has 8 nitrogen and oxygen atoms in total. The third-order valence-corrected chi connectivity index (χ3v) is 14.8. The van der Waals surface area contributed by atoms with Gasteiger partial charge in [0.05, 0.1) is 18.3 Å². The summed E-state index contributed by atoms with van der Waals surface area (Å²) in [4.78, 5) is 12.2. The minimum Gasteiger partial charge on any atom is -0.396 e. The molecule has 2 saturated carbocycles. The summed E-state index contributed by atoms with van der Waals surface area (Å²) in [6, 6.07) is 19.8. The number of allylic oxidation sites excluding steroid dienone is 7. The average Bonchev–Trinajstić information content (AvgIpc) is 3.61. The lowest BCUT2D eigenvalue weighted by molar-refractivity contribution is -0.180. The maximum Gasteiger partial charge on any atom is 0.145 e. The van der Waals surface area contributed by atoms with Crippen molar-refractivity contribution in [1.82, 2.24) is 10.6 Å². The summed E-state index contributed by atoms with van der Waals surface area (Å²) in [7, 11) is 3.63. The van der Waals surface area contributed by atoms with Crippen LogP contribution in [0.4, 0.5) is 0 Å². The van der Waals surface area contributed by atoms with Crippen molar-refractivity contribution in [3.05, 3.63) is 130 Å². The fraction of sp³-hybridized carbons (Fsp3) is 0.566. The zero-order valence-corrected chi connectivity index (χ0v) is 37.8. The Morgan fingerprint density at radius 1 is 1.07 bits per heavy atom. The highest BCUT2D eigenvalue weighted by Gasteiger charge is 2.65. The molecule has 8 heteroatoms. The molecule has 334 valence electrons. The van der Waals surface area contributed by atoms with Crippen LogP contribution in [0.25, 0.3) is 0 Å². The number of aliphatic hydroxyl groups is 4. The van der Waals surface area contributed by atoms with E-state index in [1.807, 2.05) is 26.1 Å². The maximum absolute atomic E-state index is 12.6. The normalized spacial score (nSPS) is 31.7. The standard InChI is InChI=1S/C53H76N2O6/c1-38-20-22-45(47(23-21-41-14-8-7-9-15-41)43-17-11-16-42(33-43)34-51(4,55-35-38)29-32-61-6)39(2)13-10-18-44(37-58)48-25-27-53(50(48)59)49(19-12-31-56)46(40(3)36-57)24-26-52(53,60)28-30-54-5/h7-11,13-18,20,33,36,45,47-50,54-56,58-60H,2,12,19,21-32,34-35,37H2,1,3-6H3/b13-10+,38-20+,44-18-,46-40-/t45-,47+,48-,49-,50+,51+,52-,53+/m0/s1. The van der Waals surface area contributed by atoms with E-state index in [-0.39, 0.29) is 42.4 Å². The van der Waals surface area contributed by atoms with Crippen LogP contribution in [-0.4, -0.2) is 91.0 Å². The van der Waals surface area contributed by atoms with Crippen LogP contribution in [0, 0.1) is 23.2 Å². The fourth-order valence-electron chi connectivity index (χ4n) is 11.2. The topological polar surface area (TPSA) is 131 Å². The number of carbonyl (C=O) groups is 1. The van der Waals surface area contributed by atoms with E-state index >= 15 is 0 Å². The van der Waals surface area contributed by atoms with E-state index in [0.717, 1.165) is 61.7 Å². The minimum atomic E-state index is -1.19. The third kappa shape index (κ3) is 11.6. The molecule has 6 N–H and O–H groups in total. The van der Waals surface area contributed by atoms with E-state index in [1.54, 1.807) is 7.11 Å². The van der Waals surface area contributed by atoms with E-state index in [0.29, 0.717) is 63.7 Å². The first kappa shape index (κ1) is 48.6. The molecule has 1 spiro atoms. The van der Waals surface area contributed by atoms with E-state index in [1.165, 1.54) is 22.3 Å². The van der Waals surface area contributed by atoms with Crippen LogP contribution in [-0.2, 0) is 22.4 Å². The van der Waals surface area contributed by atoms with Gasteiger partial charge in [0.15, 0.2) is 0 Å². The van der Waals surface area contributed by atoms with Crippen LogP contribution < -0.4 is 10.6 Å². The lowest BCUT2D eigenvalue weighted by Gasteiger charge is -2.57. The summed E-state index contributed by atoms with van der Waals surface area (Å²) in [5.41, 5.74) is 6.34. The summed E-state index contributed by atoms with van der Waals surface area (Å²) >= 11 is 0. The third-order valence-electron chi connectivity index (χ3n) is 14.8. The van der Waals surface area contributed by atoms with Crippen molar-refractivity contribution >= 4 is 6.29 Å². The number of aldehydes is 1. The van der Waals surface area contributed by atoms with Crippen LogP contribution in [0.15, 0.2) is 113 Å². The van der Waals surface area contributed by atoms with Gasteiger partial charge < -0.3 is 35.8 Å². The van der Waals surface area contributed by atoms with Gasteiger partial charge in [-0.15, -0.1) is 0 Å². The Morgan fingerprint density at radius 2 is 1.85 bits per heavy atom. The van der Waals surface area contributed by atoms with Crippen LogP contribution in [0.5, 0.6) is 0 Å². The van der Waals surface area contributed by atoms with Crippen LogP contribution in [0.1, 0.15) is 108 Å². The number of hydrogen-bond acceptors (Lipinski definition) is 8. The van der Waals surface area contributed by atoms with Gasteiger partial charge in [0.25, 0.3) is 0 Å². The molecule has 2 aromatic carbocycles. The van der Waals surface area contributed by atoms with Gasteiger partial charge in [0, 0.05) is 43.7 Å². The Balaban J connectivity index is 1.49. The quantitative estimate of drug-likeness (QED) is 0.0385. The number of benzene rings is 2. The lowest BCUT2D eigenvalue weighted by atomic mass is 9.51. The highest BCUT2D eigenvalue weighted by Crippen LogP contribution is 2.64. The van der Waals surface area contributed by atoms with Gasteiger partial charge in [-0.25, -0.2) is 0 Å². The lowest BCUT2D eigenvalue weighted by Crippen LogP contribution is -2.61. The first-order valence-electron chi connectivity index (χ1n) is 22.9. The molecule has 2 aromatic rings. The van der Waals surface area contributed by atoms with Crippen molar-refractivity contribution in [3.63, 3.8) is 0 Å². The van der Waals surface area contributed by atoms with Gasteiger partial charge in [-0.1, -0.05) is 102 Å². The highest BCUT2D eigenvalue weighted by atomic mass is 16.5. The molecule has 8 atom stereocenters. The Kier molecular flexibility index (Phi) is 18.1. The Labute approximate surface area is 367 Å². The molecule has 1 heterocycles. The largest absolute Gasteiger partial charge is 0.396 e. The molecule has 3 aliphatic rings. The second kappa shape index (κ2) is 22.8. The molecule has 0 aromatic heterocycles. The molecule has 0 amide bonds. The Bertz CT molecular complexity index is 1870. The first-order valence-corrected chi connectivity index (χ1v) is 22.9. The number of methoxy groups -OCH3 is 1. The Hall–Kier alpha value is -3.47. The van der Waals surface area contributed by atoms with Gasteiger partial charge >= 0.3 is 0 Å². The van der Waals surface area contributed by atoms with E-state index in [2.05, 4.69) is 91.2 Å². The van der Waals surface area contributed by atoms with Gasteiger partial charge in [-0.3, -0.25) is 4.79 Å². The second-order valence-corrected chi connectivity index (χ2v) is 18.7. The number of aryl methyl sites for hydroxylation is 1. The van der Waals surface area contributed by atoms with Gasteiger partial charge in [-0.2, -0.15) is 0 Å². The van der Waals surface area contributed by atoms with Gasteiger partial charge in [0.1, 0.15) is 6.29 Å². The van der Waals surface area contributed by atoms with Crippen molar-refractivity contribution < 1.29 is 30.0 Å². The number of ether oxygens (including phenoxy) is 1. The number of aliphatic hydroxyl groups excluding tert-OH is 3. The molecule has 2 fully saturated rings. The molecule has 2 aliphatic carbocycles. The summed E-state index contributed by atoms with van der Waals surface area (Å²) in [5.74, 6) is -0.342. The van der Waals surface area contributed by atoms with E-state index in [4.69, 9.17) is 11.3 Å². The van der Waals surface area contributed by atoms with Crippen molar-refractivity contribution in [2.45, 2.75) is 121 Å². The molecular formula is C53H76N2O6. The number of carbonyl (C=O) groups excluding carboxylic acids is 1. The molecular weight excluding hydrogens is 761 g/mol. The smallest absolute Gasteiger partial charge is 0.145 e. The maximum atomic E-state index is 12.6. The minimum absolute atomic E-state index is 0.00888. The predicted molar refractivity (Wildman–Crippen MR) is 248 cm³/mol. The fourth-order valence-corrected chi connectivity index (χ4v) is 11.2. The van der Waals surface area contributed by atoms with E-state index < -0.39 is 17.1 Å². The molecule has 0 unspecified atom stereocenters. The van der Waals surface area contributed by atoms with E-state index in [9.17, 15) is 25.2 Å². The van der Waals surface area contributed by atoms with Crippen molar-refractivity contribution in [2.75, 3.05) is 47.1 Å². The Morgan fingerprint density at radius 3 is 2.56 bits per heavy atom. The molecule has 0 saturated heterocycles. The number of rotatable bonds is 18. The van der Waals surface area contributed by atoms with Crippen LogP contribution in [0.3, 0.4) is 0 Å². The summed E-state index contributed by atoms with van der Waals surface area (Å²) in [6.07, 6.45) is 16.6. The molecule has 61 heavy (non-hydrogen) atoms.